The zero-order valence-corrected chi connectivity index (χ0v) is 26.8. The van der Waals surface area contributed by atoms with Crippen LogP contribution in [-0.2, 0) is 26.2 Å². The van der Waals surface area contributed by atoms with E-state index < -0.39 is 0 Å². The maximum atomic E-state index is 2.28. The van der Waals surface area contributed by atoms with Crippen LogP contribution < -0.4 is 0 Å². The van der Waals surface area contributed by atoms with Crippen molar-refractivity contribution in [3.63, 3.8) is 0 Å². The molecule has 0 aliphatic heterocycles. The largest absolute Gasteiger partial charge is 2.00 e. The van der Waals surface area contributed by atoms with E-state index in [0.717, 1.165) is 15.1 Å². The molecule has 0 spiro atoms. The van der Waals surface area contributed by atoms with Gasteiger partial charge in [-0.05, 0) is 11.1 Å². The summed E-state index contributed by atoms with van der Waals surface area (Å²) in [7, 11) is 0.731. The van der Waals surface area contributed by atoms with Gasteiger partial charge in [0.25, 0.3) is 0 Å². The molecule has 0 aliphatic rings. The van der Waals surface area contributed by atoms with Gasteiger partial charge in [-0.3, -0.25) is 0 Å². The van der Waals surface area contributed by atoms with Gasteiger partial charge in [0.05, 0.1) is 0 Å². The summed E-state index contributed by atoms with van der Waals surface area (Å²) in [5.74, 6) is 0. The van der Waals surface area contributed by atoms with Crippen molar-refractivity contribution in [2.24, 2.45) is 0 Å². The first-order valence-corrected chi connectivity index (χ1v) is 15.0. The third-order valence-corrected chi connectivity index (χ3v) is 7.96. The standard InChI is InChI=1S/2C16H13.C4H11Si.Zr/c2*1-12-10-14-8-5-9-15(16(14)11-12)13-6-3-2-4-7-13;1-4(2)5-3;/h2*2-11H,1H3;4-5H,1-3H3;/q2*-1;;+2. The molecule has 0 aromatic heterocycles. The van der Waals surface area contributed by atoms with Crippen molar-refractivity contribution in [3.05, 3.63) is 132 Å². The van der Waals surface area contributed by atoms with Crippen molar-refractivity contribution in [2.45, 2.75) is 39.8 Å². The summed E-state index contributed by atoms with van der Waals surface area (Å²) in [6.07, 6.45) is 0. The second-order valence-electron chi connectivity index (χ2n) is 9.99. The normalized spacial score (nSPS) is 10.4. The Kier molecular flexibility index (Phi) is 11.3. The van der Waals surface area contributed by atoms with Gasteiger partial charge in [-0.15, -0.1) is 69.1 Å². The summed E-state index contributed by atoms with van der Waals surface area (Å²) in [4.78, 5) is 0. The molecule has 0 fully saturated rings. The average molecular weight is 589 g/mol. The SMILES string of the molecule is C[SiH]C(C)C.Cc1cc2c(-c3ccccc3)cccc2[cH-]1.Cc1cc2c(-c3ccccc3)cccc2[cH-]1.[Zr+2]. The smallest absolute Gasteiger partial charge is 0.165 e. The fourth-order valence-corrected chi connectivity index (χ4v) is 4.51. The van der Waals surface area contributed by atoms with Crippen LogP contribution >= 0.6 is 0 Å². The van der Waals surface area contributed by atoms with Gasteiger partial charge in [-0.2, -0.15) is 12.1 Å². The van der Waals surface area contributed by atoms with Gasteiger partial charge >= 0.3 is 26.2 Å². The Bertz CT molecular complexity index is 1420. The number of benzene rings is 4. The molecule has 6 aromatic rings. The molecule has 2 heteroatoms. The van der Waals surface area contributed by atoms with Crippen molar-refractivity contribution in [2.75, 3.05) is 0 Å². The number of fused-ring (bicyclic) bond motifs is 2. The van der Waals surface area contributed by atoms with Crippen LogP contribution in [0.4, 0.5) is 0 Å². The molecule has 6 aromatic carbocycles. The van der Waals surface area contributed by atoms with E-state index in [1.54, 1.807) is 0 Å². The van der Waals surface area contributed by atoms with Gasteiger partial charge in [0.15, 0.2) is 0 Å². The van der Waals surface area contributed by atoms with Gasteiger partial charge in [-0.1, -0.05) is 124 Å². The first-order valence-electron chi connectivity index (χ1n) is 13.2. The zero-order valence-electron chi connectivity index (χ0n) is 23.2. The van der Waals surface area contributed by atoms with E-state index in [-0.39, 0.29) is 26.2 Å². The molecule has 0 amide bonds. The van der Waals surface area contributed by atoms with Crippen LogP contribution in [-0.4, -0.2) is 9.52 Å². The Labute approximate surface area is 250 Å². The topological polar surface area (TPSA) is 0 Å². The predicted molar refractivity (Wildman–Crippen MR) is 168 cm³/mol. The second-order valence-corrected chi connectivity index (χ2v) is 12.0. The molecule has 189 valence electrons. The summed E-state index contributed by atoms with van der Waals surface area (Å²) >= 11 is 0. The maximum absolute atomic E-state index is 2.28. The van der Waals surface area contributed by atoms with E-state index >= 15 is 0 Å². The zero-order chi connectivity index (χ0) is 26.2. The van der Waals surface area contributed by atoms with Crippen molar-refractivity contribution >= 4 is 31.1 Å². The van der Waals surface area contributed by atoms with E-state index in [9.17, 15) is 0 Å². The molecular weight excluding hydrogens is 552 g/mol. The summed E-state index contributed by atoms with van der Waals surface area (Å²) in [6.45, 7) is 11.1. The van der Waals surface area contributed by atoms with E-state index in [0.29, 0.717) is 0 Å². The van der Waals surface area contributed by atoms with E-state index in [4.69, 9.17) is 0 Å². The minimum atomic E-state index is 0. The van der Waals surface area contributed by atoms with E-state index in [2.05, 4.69) is 156 Å². The first kappa shape index (κ1) is 29.8. The van der Waals surface area contributed by atoms with Gasteiger partial charge < -0.3 is 0 Å². The quantitative estimate of drug-likeness (QED) is 0.142. The molecule has 6 rings (SSSR count). The van der Waals surface area contributed by atoms with E-state index in [1.807, 2.05) is 0 Å². The minimum absolute atomic E-state index is 0. The first-order chi connectivity index (χ1) is 18.0. The maximum Gasteiger partial charge on any atom is 2.00 e. The van der Waals surface area contributed by atoms with Crippen LogP contribution in [0.1, 0.15) is 25.0 Å². The molecular formula is C36H37SiZr. The summed E-state index contributed by atoms with van der Waals surface area (Å²) in [6, 6.07) is 43.1. The Hall–Kier alpha value is -2.80. The van der Waals surface area contributed by atoms with Crippen LogP contribution in [0.2, 0.25) is 12.1 Å². The number of aryl methyl sites for hydroxylation is 2. The van der Waals surface area contributed by atoms with Crippen LogP contribution in [0.25, 0.3) is 43.8 Å². The van der Waals surface area contributed by atoms with Crippen molar-refractivity contribution in [1.82, 2.24) is 0 Å². The monoisotopic (exact) mass is 587 g/mol. The number of rotatable bonds is 3. The molecule has 0 aliphatic carbocycles. The van der Waals surface area contributed by atoms with Crippen LogP contribution in [0.15, 0.2) is 121 Å². The summed E-state index contributed by atoms with van der Waals surface area (Å²) < 4.78 is 0. The molecule has 0 saturated carbocycles. The molecule has 38 heavy (non-hydrogen) atoms. The van der Waals surface area contributed by atoms with Crippen LogP contribution in [0, 0.1) is 13.8 Å². The second kappa shape index (κ2) is 14.4. The minimum Gasteiger partial charge on any atom is -0.165 e. The molecule has 0 unspecified atom stereocenters. The number of hydrogen-bond acceptors (Lipinski definition) is 0. The van der Waals surface area contributed by atoms with Crippen molar-refractivity contribution in [3.8, 4) is 22.3 Å². The van der Waals surface area contributed by atoms with Crippen LogP contribution in [0.3, 0.4) is 0 Å². The predicted octanol–water partition coefficient (Wildman–Crippen LogP) is 10.4. The van der Waals surface area contributed by atoms with Crippen molar-refractivity contribution < 1.29 is 26.2 Å². The number of hydrogen-bond donors (Lipinski definition) is 0. The Morgan fingerprint density at radius 1 is 0.553 bits per heavy atom. The molecule has 0 bridgehead atoms. The molecule has 0 atom stereocenters. The fraction of sp³-hybridized carbons (Fsp3) is 0.167. The molecule has 0 heterocycles. The Morgan fingerprint density at radius 2 is 0.921 bits per heavy atom. The van der Waals surface area contributed by atoms with Crippen LogP contribution in [0.5, 0.6) is 0 Å². The molecule has 0 N–H and O–H groups in total. The van der Waals surface area contributed by atoms with Gasteiger partial charge in [-0.25, -0.2) is 0 Å². The Morgan fingerprint density at radius 3 is 1.26 bits per heavy atom. The van der Waals surface area contributed by atoms with Gasteiger partial charge in [0.1, 0.15) is 0 Å². The van der Waals surface area contributed by atoms with Gasteiger partial charge in [0, 0.05) is 9.52 Å². The summed E-state index contributed by atoms with van der Waals surface area (Å²) in [5.41, 5.74) is 8.86. The molecule has 1 radical (unpaired) electrons. The van der Waals surface area contributed by atoms with Gasteiger partial charge in [0.2, 0.25) is 0 Å². The average Bonchev–Trinajstić information content (AvgIpc) is 3.50. The summed E-state index contributed by atoms with van der Waals surface area (Å²) in [5, 5.41) is 5.37. The third kappa shape index (κ3) is 7.62. The molecule has 0 saturated heterocycles. The molecule has 0 nitrogen and oxygen atoms in total. The fourth-order valence-electron chi connectivity index (χ4n) is 4.51. The van der Waals surface area contributed by atoms with E-state index in [1.165, 1.54) is 54.9 Å². The third-order valence-electron chi connectivity index (χ3n) is 6.63. The Balaban J connectivity index is 0.000000176. The van der Waals surface area contributed by atoms with Crippen molar-refractivity contribution in [1.29, 1.82) is 0 Å².